The number of hydrogen-bond donors (Lipinski definition) is 0. The zero-order valence-corrected chi connectivity index (χ0v) is 16.9. The molecule has 0 aromatic heterocycles. The molecule has 0 aromatic rings. The van der Waals surface area contributed by atoms with E-state index >= 15 is 0 Å². The van der Waals surface area contributed by atoms with Crippen molar-refractivity contribution in [1.82, 2.24) is 0 Å². The second kappa shape index (κ2) is 7.81. The highest BCUT2D eigenvalue weighted by atomic mass is 28.5. The maximum Gasteiger partial charge on any atom is 0.324 e. The van der Waals surface area contributed by atoms with Gasteiger partial charge in [-0.25, -0.2) is 0 Å². The highest BCUT2D eigenvalue weighted by molar-refractivity contribution is 6.89. The first-order chi connectivity index (χ1) is 8.14. The Labute approximate surface area is 117 Å². The minimum Gasteiger partial charge on any atom is -0.439 e. The Kier molecular flexibility index (Phi) is 7.95. The van der Waals surface area contributed by atoms with Crippen LogP contribution in [0.25, 0.3) is 0 Å². The van der Waals surface area contributed by atoms with Gasteiger partial charge >= 0.3 is 8.56 Å². The summed E-state index contributed by atoms with van der Waals surface area (Å²) in [7, 11) is -6.79. The number of allylic oxidation sites excluding steroid dienone is 1. The molecule has 1 atom stereocenters. The van der Waals surface area contributed by atoms with E-state index in [4.69, 9.17) is 8.23 Å². The second-order valence-electron chi connectivity index (χ2n) is 5.85. The summed E-state index contributed by atoms with van der Waals surface area (Å²) in [6.45, 7) is 16.6. The summed E-state index contributed by atoms with van der Waals surface area (Å²) in [5.41, 5.74) is 0.662. The van der Waals surface area contributed by atoms with Crippen LogP contribution in [0.15, 0.2) is 12.7 Å². The highest BCUT2D eigenvalue weighted by Crippen LogP contribution is 2.26. The SMILES string of the molecule is C=CC[Si](C[Si](=O)CC)(O[SiH](C)C)O[Si](C)(C)C. The Balaban J connectivity index is 5.12. The van der Waals surface area contributed by atoms with E-state index in [0.29, 0.717) is 5.67 Å². The average molecular weight is 321 g/mol. The normalized spacial score (nSPS) is 15.5. The van der Waals surface area contributed by atoms with Gasteiger partial charge in [-0.2, -0.15) is 0 Å². The van der Waals surface area contributed by atoms with Crippen LogP contribution in [0.5, 0.6) is 0 Å². The fraction of sp³-hybridized carbons (Fsp3) is 0.818. The lowest BCUT2D eigenvalue weighted by Gasteiger charge is -2.37. The summed E-state index contributed by atoms with van der Waals surface area (Å²) in [4.78, 5) is 0. The minimum atomic E-state index is -2.34. The van der Waals surface area contributed by atoms with Gasteiger partial charge in [-0.15, -0.1) is 6.58 Å². The first kappa shape index (κ1) is 18.3. The molecular formula is C11H28O3Si4. The van der Waals surface area contributed by atoms with Crippen LogP contribution in [-0.2, 0) is 12.7 Å². The van der Waals surface area contributed by atoms with Crippen molar-refractivity contribution in [2.75, 3.05) is 0 Å². The molecule has 0 saturated heterocycles. The molecule has 0 aliphatic heterocycles. The van der Waals surface area contributed by atoms with Crippen molar-refractivity contribution in [3.63, 3.8) is 0 Å². The third-order valence-corrected chi connectivity index (χ3v) is 15.2. The minimum absolute atomic E-state index is 0.662. The molecule has 0 saturated carbocycles. The van der Waals surface area contributed by atoms with Gasteiger partial charge in [-0.05, 0) is 38.8 Å². The van der Waals surface area contributed by atoms with Gasteiger partial charge in [-0.1, -0.05) is 13.0 Å². The topological polar surface area (TPSA) is 35.5 Å². The zero-order chi connectivity index (χ0) is 14.4. The number of rotatable bonds is 9. The summed E-state index contributed by atoms with van der Waals surface area (Å²) in [6, 6.07) is 1.51. The molecule has 0 radical (unpaired) electrons. The standard InChI is InChI=1S/C11H28O3Si4/c1-8-10-18(13-15(3)4,11-16(12)9-2)14-17(5,6)7/h8,15H,1,9-11H2,2-7H3. The fourth-order valence-electron chi connectivity index (χ4n) is 1.90. The summed E-state index contributed by atoms with van der Waals surface area (Å²) in [5.74, 6) is 0. The predicted octanol–water partition coefficient (Wildman–Crippen LogP) is 3.45. The monoisotopic (exact) mass is 320 g/mol. The maximum atomic E-state index is 12.0. The van der Waals surface area contributed by atoms with E-state index in [-0.39, 0.29) is 0 Å². The quantitative estimate of drug-likeness (QED) is 0.482. The third-order valence-electron chi connectivity index (χ3n) is 2.26. The predicted molar refractivity (Wildman–Crippen MR) is 86.9 cm³/mol. The second-order valence-corrected chi connectivity index (χ2v) is 19.4. The lowest BCUT2D eigenvalue weighted by atomic mass is 10.8. The van der Waals surface area contributed by atoms with Crippen LogP contribution >= 0.6 is 0 Å². The summed E-state index contributed by atoms with van der Waals surface area (Å²) in [6.07, 6.45) is 1.88. The first-order valence-electron chi connectivity index (χ1n) is 6.64. The van der Waals surface area contributed by atoms with Crippen LogP contribution in [0.3, 0.4) is 0 Å². The van der Waals surface area contributed by atoms with Gasteiger partial charge in [0.25, 0.3) is 8.68 Å². The van der Waals surface area contributed by atoms with Crippen molar-refractivity contribution in [3.8, 4) is 0 Å². The Morgan fingerprint density at radius 3 is 2.22 bits per heavy atom. The Morgan fingerprint density at radius 1 is 1.33 bits per heavy atom. The molecule has 0 aliphatic carbocycles. The summed E-state index contributed by atoms with van der Waals surface area (Å²) < 4.78 is 24.7. The van der Waals surface area contributed by atoms with Gasteiger partial charge in [0.15, 0.2) is 17.4 Å². The van der Waals surface area contributed by atoms with Crippen LogP contribution < -0.4 is 0 Å². The van der Waals surface area contributed by atoms with Gasteiger partial charge in [0.1, 0.15) is 0 Å². The zero-order valence-electron chi connectivity index (χ0n) is 12.7. The molecule has 0 heterocycles. The molecule has 0 aromatic carbocycles. The van der Waals surface area contributed by atoms with Crippen LogP contribution in [-0.4, -0.2) is 34.6 Å². The van der Waals surface area contributed by atoms with Crippen molar-refractivity contribution in [1.29, 1.82) is 0 Å². The number of hydrogen-bond acceptors (Lipinski definition) is 3. The van der Waals surface area contributed by atoms with E-state index in [2.05, 4.69) is 39.3 Å². The van der Waals surface area contributed by atoms with E-state index in [9.17, 15) is 4.46 Å². The first-order valence-corrected chi connectivity index (χ1v) is 16.9. The van der Waals surface area contributed by atoms with Crippen molar-refractivity contribution >= 4 is 34.6 Å². The van der Waals surface area contributed by atoms with Crippen LogP contribution in [0.2, 0.25) is 50.5 Å². The lowest BCUT2D eigenvalue weighted by molar-refractivity contribution is 0.393. The van der Waals surface area contributed by atoms with Crippen molar-refractivity contribution in [3.05, 3.63) is 12.7 Å². The largest absolute Gasteiger partial charge is 0.439 e. The van der Waals surface area contributed by atoms with Crippen LogP contribution in [0.4, 0.5) is 0 Å². The van der Waals surface area contributed by atoms with Crippen molar-refractivity contribution in [2.24, 2.45) is 0 Å². The molecule has 0 bridgehead atoms. The molecule has 18 heavy (non-hydrogen) atoms. The van der Waals surface area contributed by atoms with Crippen molar-refractivity contribution < 1.29 is 12.7 Å². The van der Waals surface area contributed by atoms with E-state index in [1.165, 1.54) is 0 Å². The molecule has 0 spiro atoms. The molecule has 106 valence electrons. The summed E-state index contributed by atoms with van der Waals surface area (Å²) >= 11 is 0. The lowest BCUT2D eigenvalue weighted by Crippen LogP contribution is -2.52. The van der Waals surface area contributed by atoms with E-state index in [1.807, 2.05) is 13.0 Å². The van der Waals surface area contributed by atoms with E-state index in [0.717, 1.165) is 12.1 Å². The molecule has 0 N–H and O–H groups in total. The van der Waals surface area contributed by atoms with Gasteiger partial charge in [0.05, 0.1) is 0 Å². The van der Waals surface area contributed by atoms with Gasteiger partial charge in [0, 0.05) is 11.7 Å². The van der Waals surface area contributed by atoms with Gasteiger partial charge in [-0.3, -0.25) is 0 Å². The Morgan fingerprint density at radius 2 is 1.89 bits per heavy atom. The fourth-order valence-corrected chi connectivity index (χ4v) is 17.6. The molecule has 0 aliphatic rings. The Bertz CT molecular complexity index is 289. The van der Waals surface area contributed by atoms with E-state index < -0.39 is 34.6 Å². The molecule has 0 rings (SSSR count). The van der Waals surface area contributed by atoms with Crippen LogP contribution in [0.1, 0.15) is 6.92 Å². The van der Waals surface area contributed by atoms with Gasteiger partial charge < -0.3 is 12.7 Å². The molecular weight excluding hydrogens is 292 g/mol. The molecule has 7 heteroatoms. The highest BCUT2D eigenvalue weighted by Gasteiger charge is 2.42. The van der Waals surface area contributed by atoms with Crippen LogP contribution in [0, 0.1) is 0 Å². The summed E-state index contributed by atoms with van der Waals surface area (Å²) in [5, 5.41) is 0. The molecule has 0 fully saturated rings. The van der Waals surface area contributed by atoms with Gasteiger partial charge in [0.2, 0.25) is 0 Å². The van der Waals surface area contributed by atoms with Crippen molar-refractivity contribution in [2.45, 2.75) is 57.4 Å². The maximum absolute atomic E-state index is 12.0. The Hall–Kier alpha value is 0.328. The van der Waals surface area contributed by atoms with E-state index in [1.54, 1.807) is 0 Å². The smallest absolute Gasteiger partial charge is 0.324 e. The average Bonchev–Trinajstić information content (AvgIpc) is 2.13. The molecule has 0 amide bonds. The third kappa shape index (κ3) is 7.69. The molecule has 1 unspecified atom stereocenters. The molecule has 3 nitrogen and oxygen atoms in total.